The number of aliphatic hydroxyl groups is 1. The van der Waals surface area contributed by atoms with E-state index in [0.29, 0.717) is 11.1 Å². The molecule has 1 unspecified atom stereocenters. The third-order valence-corrected chi connectivity index (χ3v) is 5.43. The summed E-state index contributed by atoms with van der Waals surface area (Å²) in [6, 6.07) is 15.9. The Bertz CT molecular complexity index is 1250. The van der Waals surface area contributed by atoms with Gasteiger partial charge in [0.1, 0.15) is 17.3 Å². The van der Waals surface area contributed by atoms with Crippen molar-refractivity contribution in [2.24, 2.45) is 0 Å². The molecule has 1 atom stereocenters. The molecule has 2 N–H and O–H groups in total. The van der Waals surface area contributed by atoms with E-state index in [1.165, 1.54) is 30.3 Å². The molecule has 1 aliphatic heterocycles. The molecule has 0 bridgehead atoms. The highest BCUT2D eigenvalue weighted by molar-refractivity contribution is 6.52. The second-order valence-electron chi connectivity index (χ2n) is 7.50. The van der Waals surface area contributed by atoms with Gasteiger partial charge in [-0.1, -0.05) is 48.0 Å². The zero-order valence-corrected chi connectivity index (χ0v) is 17.0. The van der Waals surface area contributed by atoms with Gasteiger partial charge in [0.05, 0.1) is 17.3 Å². The molecule has 1 fully saturated rings. The minimum atomic E-state index is -1.24. The predicted octanol–water partition coefficient (Wildman–Crippen LogP) is 4.77. The van der Waals surface area contributed by atoms with E-state index in [2.05, 4.69) is 0 Å². The standard InChI is InChI=1S/C25H20FNO4/c1-14-11-12-15(2)17(13-14)23(29)21-22(16-7-3-4-8-18(16)26)27(25(31)24(21)30)19-9-5-6-10-20(19)28/h3-13,22,28-29H,1-2H3/b23-21+. The van der Waals surface area contributed by atoms with Crippen LogP contribution in [0.25, 0.3) is 5.76 Å². The van der Waals surface area contributed by atoms with E-state index in [9.17, 15) is 24.2 Å². The number of benzene rings is 3. The highest BCUT2D eigenvalue weighted by Crippen LogP contribution is 2.45. The summed E-state index contributed by atoms with van der Waals surface area (Å²) in [5, 5.41) is 21.5. The van der Waals surface area contributed by atoms with Crippen molar-refractivity contribution in [2.45, 2.75) is 19.9 Å². The second kappa shape index (κ2) is 7.72. The zero-order chi connectivity index (χ0) is 22.3. The molecule has 1 amide bonds. The zero-order valence-electron chi connectivity index (χ0n) is 17.0. The first kappa shape index (κ1) is 20.3. The smallest absolute Gasteiger partial charge is 0.300 e. The number of ketones is 1. The van der Waals surface area contributed by atoms with Gasteiger partial charge < -0.3 is 10.2 Å². The maximum atomic E-state index is 14.9. The number of carbonyl (C=O) groups is 2. The van der Waals surface area contributed by atoms with Crippen molar-refractivity contribution >= 4 is 23.1 Å². The van der Waals surface area contributed by atoms with Crippen molar-refractivity contribution in [1.29, 1.82) is 0 Å². The number of amides is 1. The number of para-hydroxylation sites is 2. The van der Waals surface area contributed by atoms with Crippen molar-refractivity contribution < 1.29 is 24.2 Å². The van der Waals surface area contributed by atoms with Gasteiger partial charge in [0.15, 0.2) is 0 Å². The van der Waals surface area contributed by atoms with Crippen LogP contribution in [0.15, 0.2) is 72.3 Å². The Labute approximate surface area is 178 Å². The monoisotopic (exact) mass is 417 g/mol. The Kier molecular flexibility index (Phi) is 5.07. The van der Waals surface area contributed by atoms with Gasteiger partial charge in [-0.2, -0.15) is 0 Å². The summed E-state index contributed by atoms with van der Waals surface area (Å²) in [6.07, 6.45) is 0. The van der Waals surface area contributed by atoms with Gasteiger partial charge in [0.25, 0.3) is 11.7 Å². The van der Waals surface area contributed by atoms with E-state index in [4.69, 9.17) is 0 Å². The van der Waals surface area contributed by atoms with Crippen LogP contribution in [0.1, 0.15) is 28.3 Å². The first-order chi connectivity index (χ1) is 14.8. The number of hydrogen-bond donors (Lipinski definition) is 2. The maximum absolute atomic E-state index is 14.9. The number of hydrogen-bond acceptors (Lipinski definition) is 4. The molecule has 0 aliphatic carbocycles. The van der Waals surface area contributed by atoms with E-state index in [1.54, 1.807) is 37.3 Å². The van der Waals surface area contributed by atoms with Crippen LogP contribution in [-0.2, 0) is 9.59 Å². The third kappa shape index (κ3) is 3.36. The van der Waals surface area contributed by atoms with Crippen molar-refractivity contribution in [3.05, 3.63) is 100 Å². The van der Waals surface area contributed by atoms with E-state index >= 15 is 0 Å². The lowest BCUT2D eigenvalue weighted by Gasteiger charge is -2.26. The molecule has 1 aliphatic rings. The number of nitrogens with zero attached hydrogens (tertiary/aromatic N) is 1. The normalized spacial score (nSPS) is 17.9. The average Bonchev–Trinajstić information content (AvgIpc) is 3.01. The van der Waals surface area contributed by atoms with Gasteiger partial charge in [0.2, 0.25) is 0 Å². The molecule has 0 aromatic heterocycles. The first-order valence-electron chi connectivity index (χ1n) is 9.72. The Morgan fingerprint density at radius 1 is 0.968 bits per heavy atom. The van der Waals surface area contributed by atoms with Gasteiger partial charge in [0, 0.05) is 11.1 Å². The predicted molar refractivity (Wildman–Crippen MR) is 115 cm³/mol. The molecule has 0 saturated carbocycles. The number of anilines is 1. The molecular weight excluding hydrogens is 397 g/mol. The molecule has 6 heteroatoms. The van der Waals surface area contributed by atoms with Crippen molar-refractivity contribution in [3.8, 4) is 5.75 Å². The third-order valence-electron chi connectivity index (χ3n) is 5.43. The van der Waals surface area contributed by atoms with Crippen LogP contribution < -0.4 is 4.90 Å². The molecule has 3 aromatic rings. The van der Waals surface area contributed by atoms with Crippen molar-refractivity contribution in [3.63, 3.8) is 0 Å². The summed E-state index contributed by atoms with van der Waals surface area (Å²) in [7, 11) is 0. The van der Waals surface area contributed by atoms with Crippen LogP contribution in [0.3, 0.4) is 0 Å². The quantitative estimate of drug-likeness (QED) is 0.365. The van der Waals surface area contributed by atoms with Crippen molar-refractivity contribution in [1.82, 2.24) is 0 Å². The minimum absolute atomic E-state index is 0.0387. The van der Waals surface area contributed by atoms with Crippen LogP contribution in [-0.4, -0.2) is 21.9 Å². The minimum Gasteiger partial charge on any atom is -0.507 e. The lowest BCUT2D eigenvalue weighted by atomic mass is 9.93. The van der Waals surface area contributed by atoms with E-state index in [-0.39, 0.29) is 28.3 Å². The fourth-order valence-electron chi connectivity index (χ4n) is 3.88. The molecule has 0 spiro atoms. The van der Waals surface area contributed by atoms with Crippen LogP contribution >= 0.6 is 0 Å². The molecule has 1 saturated heterocycles. The van der Waals surface area contributed by atoms with E-state index in [0.717, 1.165) is 10.5 Å². The van der Waals surface area contributed by atoms with Crippen LogP contribution in [0.4, 0.5) is 10.1 Å². The number of aryl methyl sites for hydroxylation is 2. The van der Waals surface area contributed by atoms with E-state index < -0.39 is 23.5 Å². The number of aromatic hydroxyl groups is 1. The molecule has 4 rings (SSSR count). The summed E-state index contributed by atoms with van der Waals surface area (Å²) in [5.41, 5.74) is 1.80. The molecule has 0 radical (unpaired) electrons. The summed E-state index contributed by atoms with van der Waals surface area (Å²) in [5.74, 6) is -3.17. The Balaban J connectivity index is 2.03. The van der Waals surface area contributed by atoms with Crippen LogP contribution in [0.5, 0.6) is 5.75 Å². The largest absolute Gasteiger partial charge is 0.507 e. The molecule has 31 heavy (non-hydrogen) atoms. The number of halogens is 1. The number of phenols is 1. The fourth-order valence-corrected chi connectivity index (χ4v) is 3.88. The summed E-state index contributed by atoms with van der Waals surface area (Å²) in [4.78, 5) is 27.2. The van der Waals surface area contributed by atoms with Crippen LogP contribution in [0.2, 0.25) is 0 Å². The number of rotatable bonds is 3. The van der Waals surface area contributed by atoms with Gasteiger partial charge in [-0.15, -0.1) is 0 Å². The average molecular weight is 417 g/mol. The maximum Gasteiger partial charge on any atom is 0.300 e. The highest BCUT2D eigenvalue weighted by atomic mass is 19.1. The molecule has 3 aromatic carbocycles. The summed E-state index contributed by atoms with van der Waals surface area (Å²) < 4.78 is 14.9. The summed E-state index contributed by atoms with van der Waals surface area (Å²) >= 11 is 0. The first-order valence-corrected chi connectivity index (χ1v) is 9.72. The Morgan fingerprint density at radius 3 is 2.35 bits per heavy atom. The topological polar surface area (TPSA) is 77.8 Å². The van der Waals surface area contributed by atoms with Gasteiger partial charge in [-0.3, -0.25) is 14.5 Å². The Hall–Kier alpha value is -3.93. The molecule has 156 valence electrons. The number of aliphatic hydroxyl groups excluding tert-OH is 1. The van der Waals surface area contributed by atoms with E-state index in [1.807, 2.05) is 13.0 Å². The molecule has 1 heterocycles. The van der Waals surface area contributed by atoms with Gasteiger partial charge in [-0.05, 0) is 43.7 Å². The SMILES string of the molecule is Cc1ccc(C)c(/C(O)=C2\C(=O)C(=O)N(c3ccccc3O)C2c2ccccc2F)c1. The van der Waals surface area contributed by atoms with Crippen LogP contribution in [0, 0.1) is 19.7 Å². The van der Waals surface area contributed by atoms with Crippen molar-refractivity contribution in [2.75, 3.05) is 4.90 Å². The lowest BCUT2D eigenvalue weighted by Crippen LogP contribution is -2.29. The lowest BCUT2D eigenvalue weighted by molar-refractivity contribution is -0.132. The Morgan fingerprint density at radius 2 is 1.65 bits per heavy atom. The van der Waals surface area contributed by atoms with Gasteiger partial charge in [-0.25, -0.2) is 4.39 Å². The fraction of sp³-hybridized carbons (Fsp3) is 0.120. The number of phenolic OH excluding ortho intramolecular Hbond substituents is 1. The molecule has 5 nitrogen and oxygen atoms in total. The summed E-state index contributed by atoms with van der Waals surface area (Å²) in [6.45, 7) is 3.61. The number of Topliss-reactive ketones (excluding diaryl/α,β-unsaturated/α-hetero) is 1. The van der Waals surface area contributed by atoms with Gasteiger partial charge >= 0.3 is 0 Å². The number of carbonyl (C=O) groups excluding carboxylic acids is 2. The highest BCUT2D eigenvalue weighted by Gasteiger charge is 2.48. The molecular formula is C25H20FNO4. The second-order valence-corrected chi connectivity index (χ2v) is 7.50.